The van der Waals surface area contributed by atoms with Crippen LogP contribution in [0.4, 0.5) is 0 Å². The summed E-state index contributed by atoms with van der Waals surface area (Å²) in [5.74, 6) is 1.64. The monoisotopic (exact) mass is 220 g/mol. The van der Waals surface area contributed by atoms with E-state index in [4.69, 9.17) is 9.47 Å². The first kappa shape index (κ1) is 9.97. The van der Waals surface area contributed by atoms with Gasteiger partial charge in [-0.1, -0.05) is 12.1 Å². The molecule has 0 spiro atoms. The first-order valence-electron chi connectivity index (χ1n) is 5.86. The van der Waals surface area contributed by atoms with Gasteiger partial charge in [-0.25, -0.2) is 0 Å². The van der Waals surface area contributed by atoms with Crippen molar-refractivity contribution >= 4 is 0 Å². The number of fused-ring (bicyclic) bond motifs is 1. The predicted octanol–water partition coefficient (Wildman–Crippen LogP) is 2.13. The molecule has 0 aromatic heterocycles. The Kier molecular flexibility index (Phi) is 2.28. The third-order valence-corrected chi connectivity index (χ3v) is 3.33. The van der Waals surface area contributed by atoms with Crippen molar-refractivity contribution in [1.29, 1.82) is 0 Å². The highest BCUT2D eigenvalue weighted by atomic mass is 16.6. The molecule has 0 bridgehead atoms. The average molecular weight is 220 g/mol. The predicted molar refractivity (Wildman–Crippen MR) is 59.8 cm³/mol. The average Bonchev–Trinajstić information content (AvgIpc) is 3.05. The van der Waals surface area contributed by atoms with Crippen LogP contribution in [-0.4, -0.2) is 23.4 Å². The first-order chi connectivity index (χ1) is 7.75. The molecule has 1 unspecified atom stereocenters. The van der Waals surface area contributed by atoms with Crippen molar-refractivity contribution < 1.29 is 14.6 Å². The highest BCUT2D eigenvalue weighted by molar-refractivity contribution is 5.40. The normalized spacial score (nSPS) is 25.2. The summed E-state index contributed by atoms with van der Waals surface area (Å²) in [6.07, 6.45) is 3.65. The van der Waals surface area contributed by atoms with Crippen molar-refractivity contribution in [2.24, 2.45) is 0 Å². The summed E-state index contributed by atoms with van der Waals surface area (Å²) in [5, 5.41) is 9.76. The third kappa shape index (κ3) is 2.00. The maximum absolute atomic E-state index is 9.76. The molecular weight excluding hydrogens is 204 g/mol. The SMILES string of the molecule is OC1(CCC2COc3ccccc3O2)CC1. The fourth-order valence-electron chi connectivity index (χ4n) is 2.03. The highest BCUT2D eigenvalue weighted by Crippen LogP contribution is 2.40. The number of hydrogen-bond acceptors (Lipinski definition) is 3. The van der Waals surface area contributed by atoms with Crippen LogP contribution in [0.5, 0.6) is 11.5 Å². The molecule has 2 aliphatic rings. The maximum Gasteiger partial charge on any atom is 0.161 e. The van der Waals surface area contributed by atoms with Gasteiger partial charge >= 0.3 is 0 Å². The number of benzene rings is 1. The van der Waals surface area contributed by atoms with Gasteiger partial charge in [0.05, 0.1) is 5.60 Å². The molecule has 1 N–H and O–H groups in total. The summed E-state index contributed by atoms with van der Waals surface area (Å²) in [7, 11) is 0. The van der Waals surface area contributed by atoms with Gasteiger partial charge in [0.2, 0.25) is 0 Å². The lowest BCUT2D eigenvalue weighted by molar-refractivity contribution is 0.0612. The van der Waals surface area contributed by atoms with Crippen LogP contribution in [0, 0.1) is 0 Å². The molecule has 86 valence electrons. The zero-order valence-electron chi connectivity index (χ0n) is 9.19. The smallest absolute Gasteiger partial charge is 0.161 e. The molecule has 3 heteroatoms. The van der Waals surface area contributed by atoms with Crippen molar-refractivity contribution in [3.8, 4) is 11.5 Å². The Balaban J connectivity index is 1.60. The second-order valence-electron chi connectivity index (χ2n) is 4.76. The molecule has 0 radical (unpaired) electrons. The van der Waals surface area contributed by atoms with E-state index >= 15 is 0 Å². The van der Waals surface area contributed by atoms with Gasteiger partial charge in [0.15, 0.2) is 11.5 Å². The Morgan fingerprint density at radius 2 is 2.00 bits per heavy atom. The number of rotatable bonds is 3. The van der Waals surface area contributed by atoms with E-state index < -0.39 is 0 Å². The fraction of sp³-hybridized carbons (Fsp3) is 0.538. The number of ether oxygens (including phenoxy) is 2. The Bertz CT molecular complexity index is 385. The van der Waals surface area contributed by atoms with Gasteiger partial charge in [0.25, 0.3) is 0 Å². The Morgan fingerprint density at radius 1 is 1.25 bits per heavy atom. The van der Waals surface area contributed by atoms with Crippen molar-refractivity contribution in [3.05, 3.63) is 24.3 Å². The van der Waals surface area contributed by atoms with Crippen molar-refractivity contribution in [3.63, 3.8) is 0 Å². The summed E-state index contributed by atoms with van der Waals surface area (Å²) in [4.78, 5) is 0. The lowest BCUT2D eigenvalue weighted by Crippen LogP contribution is -2.30. The van der Waals surface area contributed by atoms with E-state index in [1.54, 1.807) is 0 Å². The molecule has 1 fully saturated rings. The molecule has 1 aromatic rings. The van der Waals surface area contributed by atoms with E-state index in [9.17, 15) is 5.11 Å². The molecule has 1 aliphatic heterocycles. The van der Waals surface area contributed by atoms with Gasteiger partial charge in [-0.2, -0.15) is 0 Å². The maximum atomic E-state index is 9.76. The number of hydrogen-bond donors (Lipinski definition) is 1. The van der Waals surface area contributed by atoms with E-state index in [0.717, 1.165) is 37.2 Å². The number of para-hydroxylation sites is 2. The Labute approximate surface area is 95.0 Å². The van der Waals surface area contributed by atoms with E-state index in [2.05, 4.69) is 0 Å². The van der Waals surface area contributed by atoms with Crippen LogP contribution in [-0.2, 0) is 0 Å². The van der Waals surface area contributed by atoms with Crippen molar-refractivity contribution in [2.75, 3.05) is 6.61 Å². The summed E-state index contributed by atoms with van der Waals surface area (Å²) >= 11 is 0. The first-order valence-corrected chi connectivity index (χ1v) is 5.86. The van der Waals surface area contributed by atoms with Crippen LogP contribution in [0.3, 0.4) is 0 Å². The van der Waals surface area contributed by atoms with Crippen molar-refractivity contribution in [1.82, 2.24) is 0 Å². The molecule has 1 saturated carbocycles. The van der Waals surface area contributed by atoms with Gasteiger partial charge < -0.3 is 14.6 Å². The molecule has 1 heterocycles. The Morgan fingerprint density at radius 3 is 2.75 bits per heavy atom. The zero-order chi connectivity index (χ0) is 11.0. The molecule has 3 rings (SSSR count). The molecule has 0 amide bonds. The van der Waals surface area contributed by atoms with Crippen LogP contribution in [0.25, 0.3) is 0 Å². The minimum atomic E-state index is -0.389. The van der Waals surface area contributed by atoms with Crippen LogP contribution in [0.2, 0.25) is 0 Å². The summed E-state index contributed by atoms with van der Waals surface area (Å²) < 4.78 is 11.4. The molecule has 1 aromatic carbocycles. The van der Waals surface area contributed by atoms with Crippen LogP contribution < -0.4 is 9.47 Å². The van der Waals surface area contributed by atoms with E-state index in [0.29, 0.717) is 6.61 Å². The van der Waals surface area contributed by atoms with E-state index in [1.807, 2.05) is 24.3 Å². The molecule has 1 atom stereocenters. The molecule has 0 saturated heterocycles. The largest absolute Gasteiger partial charge is 0.486 e. The van der Waals surface area contributed by atoms with Crippen molar-refractivity contribution in [2.45, 2.75) is 37.4 Å². The van der Waals surface area contributed by atoms with E-state index in [-0.39, 0.29) is 11.7 Å². The van der Waals surface area contributed by atoms with E-state index in [1.165, 1.54) is 0 Å². The van der Waals surface area contributed by atoms with Gasteiger partial charge in [-0.05, 0) is 37.8 Å². The summed E-state index contributed by atoms with van der Waals surface area (Å²) in [6, 6.07) is 7.72. The third-order valence-electron chi connectivity index (χ3n) is 3.33. The lowest BCUT2D eigenvalue weighted by atomic mass is 10.1. The topological polar surface area (TPSA) is 38.7 Å². The molecular formula is C13H16O3. The van der Waals surface area contributed by atoms with Gasteiger partial charge in [-0.3, -0.25) is 0 Å². The molecule has 1 aliphatic carbocycles. The quantitative estimate of drug-likeness (QED) is 0.848. The fourth-order valence-corrected chi connectivity index (χ4v) is 2.03. The minimum absolute atomic E-state index is 0.0829. The zero-order valence-corrected chi connectivity index (χ0v) is 9.19. The lowest BCUT2D eigenvalue weighted by Gasteiger charge is -2.27. The highest BCUT2D eigenvalue weighted by Gasteiger charge is 2.40. The van der Waals surface area contributed by atoms with Gasteiger partial charge in [0.1, 0.15) is 12.7 Å². The molecule has 16 heavy (non-hydrogen) atoms. The van der Waals surface area contributed by atoms with Gasteiger partial charge in [0, 0.05) is 0 Å². The van der Waals surface area contributed by atoms with Gasteiger partial charge in [-0.15, -0.1) is 0 Å². The van der Waals surface area contributed by atoms with Crippen LogP contribution in [0.15, 0.2) is 24.3 Å². The summed E-state index contributed by atoms with van der Waals surface area (Å²) in [6.45, 7) is 0.590. The second-order valence-corrected chi connectivity index (χ2v) is 4.76. The summed E-state index contributed by atoms with van der Waals surface area (Å²) in [5.41, 5.74) is -0.389. The van der Waals surface area contributed by atoms with Crippen LogP contribution in [0.1, 0.15) is 25.7 Å². The standard InChI is InChI=1S/C13H16O3/c14-13(7-8-13)6-5-10-9-15-11-3-1-2-4-12(11)16-10/h1-4,10,14H,5-9H2. The minimum Gasteiger partial charge on any atom is -0.486 e. The number of aliphatic hydroxyl groups is 1. The Hall–Kier alpha value is -1.22. The molecule has 3 nitrogen and oxygen atoms in total. The second kappa shape index (κ2) is 3.67. The van der Waals surface area contributed by atoms with Crippen LogP contribution >= 0.6 is 0 Å².